The second-order valence-corrected chi connectivity index (χ2v) is 11.8. The van der Waals surface area contributed by atoms with Crippen molar-refractivity contribution in [2.45, 2.75) is 45.3 Å². The van der Waals surface area contributed by atoms with Crippen LogP contribution in [0, 0.1) is 0 Å². The molecule has 0 saturated carbocycles. The minimum Gasteiger partial charge on any atom is -0.496 e. The number of methoxy groups -OCH3 is 1. The predicted molar refractivity (Wildman–Crippen MR) is 177 cm³/mol. The van der Waals surface area contributed by atoms with E-state index in [0.29, 0.717) is 13.0 Å². The molecule has 4 nitrogen and oxygen atoms in total. The summed E-state index contributed by atoms with van der Waals surface area (Å²) >= 11 is 11.6. The molecule has 6 heteroatoms. The number of aliphatic hydroxyl groups excluding tert-OH is 1. The fraction of sp³-hybridized carbons (Fsp3) is 0.278. The predicted octanol–water partition coefficient (Wildman–Crippen LogP) is 9.13. The number of rotatable bonds is 9. The molecule has 42 heavy (non-hydrogen) atoms. The molecule has 4 aromatic rings. The molecule has 0 aliphatic carbocycles. The van der Waals surface area contributed by atoms with Crippen LogP contribution in [0.3, 0.4) is 0 Å². The van der Waals surface area contributed by atoms with Crippen LogP contribution in [0.15, 0.2) is 97.1 Å². The lowest BCUT2D eigenvalue weighted by Crippen LogP contribution is -2.33. The Morgan fingerprint density at radius 3 is 2.05 bits per heavy atom. The Hall–Kier alpha value is -3.28. The van der Waals surface area contributed by atoms with Crippen molar-refractivity contribution in [3.05, 3.63) is 124 Å². The van der Waals surface area contributed by atoms with Crippen molar-refractivity contribution < 1.29 is 14.6 Å². The molecule has 0 aromatic heterocycles. The Labute approximate surface area is 259 Å². The molecule has 1 heterocycles. The summed E-state index contributed by atoms with van der Waals surface area (Å²) in [6.45, 7) is 7.35. The van der Waals surface area contributed by atoms with Gasteiger partial charge in [-0.3, -0.25) is 0 Å². The number of para-hydroxylation sites is 1. The highest BCUT2D eigenvalue weighted by Gasteiger charge is 2.27. The maximum atomic E-state index is 8.56. The van der Waals surface area contributed by atoms with Crippen molar-refractivity contribution in [3.8, 4) is 16.9 Å². The molecule has 0 bridgehead atoms. The smallest absolute Gasteiger partial charge is 0.126 e. The monoisotopic (exact) mass is 603 g/mol. The Morgan fingerprint density at radius 1 is 0.810 bits per heavy atom. The summed E-state index contributed by atoms with van der Waals surface area (Å²) in [6.07, 6.45) is 3.81. The van der Waals surface area contributed by atoms with Crippen LogP contribution >= 0.6 is 23.2 Å². The molecule has 2 N–H and O–H groups in total. The van der Waals surface area contributed by atoms with Gasteiger partial charge in [0.1, 0.15) is 5.75 Å². The maximum Gasteiger partial charge on any atom is 0.126 e. The van der Waals surface area contributed by atoms with E-state index in [4.69, 9.17) is 37.8 Å². The fourth-order valence-electron chi connectivity index (χ4n) is 5.00. The zero-order valence-electron chi connectivity index (χ0n) is 24.7. The van der Waals surface area contributed by atoms with Crippen LogP contribution in [0.2, 0.25) is 10.0 Å². The highest BCUT2D eigenvalue weighted by atomic mass is 35.5. The number of benzene rings is 4. The number of halogens is 2. The lowest BCUT2D eigenvalue weighted by Gasteiger charge is -2.34. The van der Waals surface area contributed by atoms with E-state index >= 15 is 0 Å². The van der Waals surface area contributed by atoms with Gasteiger partial charge in [0, 0.05) is 33.5 Å². The van der Waals surface area contributed by atoms with E-state index in [1.165, 1.54) is 16.7 Å². The van der Waals surface area contributed by atoms with Gasteiger partial charge in [0.25, 0.3) is 0 Å². The van der Waals surface area contributed by atoms with Crippen LogP contribution in [0.25, 0.3) is 16.7 Å². The molecule has 0 saturated heterocycles. The summed E-state index contributed by atoms with van der Waals surface area (Å²) in [6, 6.07) is 30.1. The van der Waals surface area contributed by atoms with Gasteiger partial charge in [-0.05, 0) is 98.3 Å². The van der Waals surface area contributed by atoms with Crippen LogP contribution in [-0.4, -0.2) is 37.1 Å². The van der Waals surface area contributed by atoms with Gasteiger partial charge in [0.2, 0.25) is 0 Å². The van der Waals surface area contributed by atoms with Crippen molar-refractivity contribution in [2.24, 2.45) is 0 Å². The van der Waals surface area contributed by atoms with Gasteiger partial charge in [-0.2, -0.15) is 0 Å². The quantitative estimate of drug-likeness (QED) is 0.200. The third kappa shape index (κ3) is 8.62. The first-order valence-corrected chi connectivity index (χ1v) is 14.9. The van der Waals surface area contributed by atoms with Gasteiger partial charge >= 0.3 is 0 Å². The molecule has 1 unspecified atom stereocenters. The highest BCUT2D eigenvalue weighted by molar-refractivity contribution is 6.30. The van der Waals surface area contributed by atoms with Gasteiger partial charge in [-0.15, -0.1) is 0 Å². The zero-order valence-corrected chi connectivity index (χ0v) is 26.2. The van der Waals surface area contributed by atoms with Crippen LogP contribution in [0.5, 0.6) is 5.75 Å². The summed E-state index contributed by atoms with van der Waals surface area (Å²) in [5.41, 5.74) is 7.90. The fourth-order valence-corrected chi connectivity index (χ4v) is 5.26. The Kier molecular flexibility index (Phi) is 11.1. The molecule has 220 valence electrons. The molecule has 4 aromatic carbocycles. The number of hydrogen-bond acceptors (Lipinski definition) is 4. The number of nitrogens with one attached hydrogen (secondary N) is 1. The first-order valence-electron chi connectivity index (χ1n) is 14.2. The number of fused-ring (bicyclic) bond motifs is 1. The first kappa shape index (κ1) is 31.7. The molecule has 1 aliphatic rings. The van der Waals surface area contributed by atoms with Crippen LogP contribution < -0.4 is 10.1 Å². The number of hydrogen-bond donors (Lipinski definition) is 2. The van der Waals surface area contributed by atoms with E-state index < -0.39 is 0 Å². The normalized spacial score (nSPS) is 14.0. The highest BCUT2D eigenvalue weighted by Crippen LogP contribution is 2.40. The topological polar surface area (TPSA) is 50.7 Å². The van der Waals surface area contributed by atoms with Crippen molar-refractivity contribution in [2.75, 3.05) is 25.6 Å². The van der Waals surface area contributed by atoms with E-state index in [2.05, 4.69) is 68.6 Å². The maximum absolute atomic E-state index is 8.56. The third-order valence-electron chi connectivity index (χ3n) is 7.15. The Bertz CT molecular complexity index is 1480. The summed E-state index contributed by atoms with van der Waals surface area (Å²) in [5.74, 6) is 0.870. The van der Waals surface area contributed by atoms with E-state index in [0.717, 1.165) is 44.6 Å². The standard InChI is InChI=1S/C28H30ClNO2.C8H9ClO/c1-19(32-16-15-20-9-12-22(29)13-10-20)25-18-28(2,3)30-26-14-11-21(17-24(25)26)23-7-5-6-8-27(23)31-4;9-8-3-1-7(2-4-8)5-6-10/h5-14,17-19,30H,15-16H2,1-4H3;1-4,10H,5-6H2. The molecule has 5 rings (SSSR count). The molecular weight excluding hydrogens is 565 g/mol. The summed E-state index contributed by atoms with van der Waals surface area (Å²) in [5, 5.41) is 13.7. The number of aliphatic hydroxyl groups is 1. The molecule has 0 radical (unpaired) electrons. The first-order chi connectivity index (χ1) is 20.2. The zero-order chi connectivity index (χ0) is 30.1. The summed E-state index contributed by atoms with van der Waals surface area (Å²) in [7, 11) is 1.71. The van der Waals surface area contributed by atoms with E-state index in [-0.39, 0.29) is 18.2 Å². The lowest BCUT2D eigenvalue weighted by atomic mass is 9.86. The average molecular weight is 605 g/mol. The molecule has 1 aliphatic heterocycles. The van der Waals surface area contributed by atoms with E-state index in [9.17, 15) is 0 Å². The van der Waals surface area contributed by atoms with Crippen molar-refractivity contribution in [1.82, 2.24) is 0 Å². The van der Waals surface area contributed by atoms with Gasteiger partial charge in [0.05, 0.1) is 25.4 Å². The molecule has 0 fully saturated rings. The Balaban J connectivity index is 0.000000343. The van der Waals surface area contributed by atoms with Gasteiger partial charge in [0.15, 0.2) is 0 Å². The molecular formula is C36H39Cl2NO3. The molecule has 0 spiro atoms. The largest absolute Gasteiger partial charge is 0.496 e. The van der Waals surface area contributed by atoms with E-state index in [1.807, 2.05) is 54.6 Å². The second kappa shape index (κ2) is 14.8. The number of anilines is 1. The Morgan fingerprint density at radius 2 is 1.43 bits per heavy atom. The lowest BCUT2D eigenvalue weighted by molar-refractivity contribution is 0.106. The third-order valence-corrected chi connectivity index (χ3v) is 7.65. The number of ether oxygens (including phenoxy) is 2. The van der Waals surface area contributed by atoms with Crippen LogP contribution in [-0.2, 0) is 17.6 Å². The molecule has 0 amide bonds. The minimum atomic E-state index is -0.151. The van der Waals surface area contributed by atoms with Crippen molar-refractivity contribution >= 4 is 34.5 Å². The van der Waals surface area contributed by atoms with Crippen LogP contribution in [0.1, 0.15) is 37.5 Å². The second-order valence-electron chi connectivity index (χ2n) is 10.9. The molecule has 1 atom stereocenters. The minimum absolute atomic E-state index is 0.0321. The van der Waals surface area contributed by atoms with Crippen molar-refractivity contribution in [1.29, 1.82) is 0 Å². The summed E-state index contributed by atoms with van der Waals surface area (Å²) < 4.78 is 11.9. The van der Waals surface area contributed by atoms with Gasteiger partial charge < -0.3 is 19.9 Å². The van der Waals surface area contributed by atoms with E-state index in [1.54, 1.807) is 7.11 Å². The average Bonchev–Trinajstić information content (AvgIpc) is 2.98. The van der Waals surface area contributed by atoms with Crippen LogP contribution in [0.4, 0.5) is 5.69 Å². The SMILES string of the molecule is COc1ccccc1-c1ccc2c(c1)C(C(C)OCCc1ccc(Cl)cc1)=CC(C)(C)N2.OCCc1ccc(Cl)cc1. The van der Waals surface area contributed by atoms with Gasteiger partial charge in [-0.1, -0.05) is 77.8 Å². The van der Waals surface area contributed by atoms with Gasteiger partial charge in [-0.25, -0.2) is 0 Å². The van der Waals surface area contributed by atoms with Crippen molar-refractivity contribution in [3.63, 3.8) is 0 Å². The summed E-state index contributed by atoms with van der Waals surface area (Å²) in [4.78, 5) is 0.